The number of anilines is 1. The third-order valence-corrected chi connectivity index (χ3v) is 5.04. The average Bonchev–Trinajstić information content (AvgIpc) is 2.91. The number of nitrogens with one attached hydrogen (secondary N) is 1. The van der Waals surface area contributed by atoms with E-state index < -0.39 is 0 Å². The number of hydrogen-bond donors (Lipinski definition) is 1. The van der Waals surface area contributed by atoms with Crippen LogP contribution in [0.5, 0.6) is 0 Å². The summed E-state index contributed by atoms with van der Waals surface area (Å²) in [6.45, 7) is 0.123. The van der Waals surface area contributed by atoms with Gasteiger partial charge in [-0.1, -0.05) is 30.4 Å². The Morgan fingerprint density at radius 2 is 1.81 bits per heavy atom. The average molecular weight is 349 g/mol. The van der Waals surface area contributed by atoms with Crippen molar-refractivity contribution >= 4 is 34.3 Å². The minimum absolute atomic E-state index is 0.0805. The van der Waals surface area contributed by atoms with E-state index in [4.69, 9.17) is 0 Å². The summed E-state index contributed by atoms with van der Waals surface area (Å²) < 4.78 is 0. The molecule has 1 aliphatic heterocycles. The van der Waals surface area contributed by atoms with Crippen LogP contribution in [0, 0.1) is 11.8 Å². The summed E-state index contributed by atoms with van der Waals surface area (Å²) in [6, 6.07) is 9.50. The van der Waals surface area contributed by atoms with Gasteiger partial charge in [0.2, 0.25) is 17.7 Å². The van der Waals surface area contributed by atoms with Crippen molar-refractivity contribution in [2.75, 3.05) is 11.9 Å². The first kappa shape index (κ1) is 16.4. The molecule has 1 aromatic carbocycles. The predicted octanol–water partition coefficient (Wildman–Crippen LogP) is 2.51. The number of nitrogens with zero attached hydrogens (tertiary/aromatic N) is 2. The van der Waals surface area contributed by atoms with Crippen LogP contribution in [0.15, 0.2) is 48.7 Å². The minimum atomic E-state index is -0.250. The molecule has 6 heteroatoms. The number of hydrogen-bond acceptors (Lipinski definition) is 4. The fourth-order valence-corrected chi connectivity index (χ4v) is 3.67. The number of rotatable bonds is 4. The highest BCUT2D eigenvalue weighted by Gasteiger charge is 2.46. The van der Waals surface area contributed by atoms with Crippen LogP contribution in [-0.4, -0.2) is 34.2 Å². The molecule has 1 fully saturated rings. The second-order valence-electron chi connectivity index (χ2n) is 6.70. The Balaban J connectivity index is 1.37. The van der Waals surface area contributed by atoms with Crippen LogP contribution in [0.1, 0.15) is 19.3 Å². The van der Waals surface area contributed by atoms with Gasteiger partial charge in [-0.05, 0) is 25.0 Å². The molecule has 0 radical (unpaired) electrons. The molecule has 26 heavy (non-hydrogen) atoms. The van der Waals surface area contributed by atoms with Crippen LogP contribution in [-0.2, 0) is 14.4 Å². The fourth-order valence-electron chi connectivity index (χ4n) is 3.67. The molecule has 3 amide bonds. The summed E-state index contributed by atoms with van der Waals surface area (Å²) in [6.07, 6.45) is 6.82. The second-order valence-corrected chi connectivity index (χ2v) is 6.70. The Morgan fingerprint density at radius 3 is 2.54 bits per heavy atom. The molecule has 0 bridgehead atoms. The summed E-state index contributed by atoms with van der Waals surface area (Å²) in [7, 11) is 0. The monoisotopic (exact) mass is 349 g/mol. The van der Waals surface area contributed by atoms with Gasteiger partial charge in [0.15, 0.2) is 0 Å². The summed E-state index contributed by atoms with van der Waals surface area (Å²) in [5, 5.41) is 3.72. The minimum Gasteiger partial charge on any atom is -0.325 e. The number of imide groups is 1. The van der Waals surface area contributed by atoms with Gasteiger partial charge in [0.05, 0.1) is 29.2 Å². The number of amides is 3. The number of likely N-dealkylation sites (tertiary alicyclic amines) is 1. The number of carbonyl (C=O) groups is 3. The zero-order valence-corrected chi connectivity index (χ0v) is 14.2. The number of fused-ring (bicyclic) bond motifs is 2. The molecule has 2 aliphatic rings. The van der Waals surface area contributed by atoms with Crippen molar-refractivity contribution in [1.29, 1.82) is 0 Å². The zero-order chi connectivity index (χ0) is 18.1. The van der Waals surface area contributed by atoms with Crippen LogP contribution in [0.3, 0.4) is 0 Å². The lowest BCUT2D eigenvalue weighted by Gasteiger charge is -2.14. The van der Waals surface area contributed by atoms with E-state index in [0.29, 0.717) is 18.5 Å². The number of carbonyl (C=O) groups excluding carboxylic acids is 3. The molecule has 2 atom stereocenters. The van der Waals surface area contributed by atoms with Crippen LogP contribution < -0.4 is 5.32 Å². The van der Waals surface area contributed by atoms with E-state index >= 15 is 0 Å². The molecule has 2 heterocycles. The quantitative estimate of drug-likeness (QED) is 0.679. The first-order chi connectivity index (χ1) is 12.6. The molecule has 0 spiro atoms. The molecule has 1 saturated heterocycles. The van der Waals surface area contributed by atoms with E-state index in [-0.39, 0.29) is 42.5 Å². The Labute approximate surface area is 150 Å². The van der Waals surface area contributed by atoms with E-state index in [2.05, 4.69) is 10.3 Å². The van der Waals surface area contributed by atoms with Crippen LogP contribution in [0.25, 0.3) is 10.9 Å². The lowest BCUT2D eigenvalue weighted by molar-refractivity contribution is -0.140. The second kappa shape index (κ2) is 6.71. The lowest BCUT2D eigenvalue weighted by atomic mass is 9.85. The van der Waals surface area contributed by atoms with Crippen LogP contribution in [0.4, 0.5) is 5.69 Å². The van der Waals surface area contributed by atoms with E-state index in [0.717, 1.165) is 10.9 Å². The van der Waals surface area contributed by atoms with Crippen molar-refractivity contribution in [3.63, 3.8) is 0 Å². The summed E-state index contributed by atoms with van der Waals surface area (Å²) in [5.74, 6) is -1.04. The van der Waals surface area contributed by atoms with Gasteiger partial charge >= 0.3 is 0 Å². The Morgan fingerprint density at radius 1 is 1.12 bits per heavy atom. The highest BCUT2D eigenvalue weighted by Crippen LogP contribution is 2.35. The van der Waals surface area contributed by atoms with Gasteiger partial charge in [0.1, 0.15) is 0 Å². The van der Waals surface area contributed by atoms with Crippen molar-refractivity contribution in [3.8, 4) is 0 Å². The van der Waals surface area contributed by atoms with Gasteiger partial charge in [-0.3, -0.25) is 24.3 Å². The maximum Gasteiger partial charge on any atom is 0.233 e. The number of aromatic nitrogens is 1. The number of para-hydroxylation sites is 1. The van der Waals surface area contributed by atoms with E-state index in [1.165, 1.54) is 4.90 Å². The maximum atomic E-state index is 12.4. The van der Waals surface area contributed by atoms with Gasteiger partial charge in [0, 0.05) is 18.4 Å². The number of benzene rings is 1. The number of pyridine rings is 1. The third-order valence-electron chi connectivity index (χ3n) is 5.04. The van der Waals surface area contributed by atoms with Gasteiger partial charge in [-0.15, -0.1) is 0 Å². The Kier molecular flexibility index (Phi) is 4.24. The molecule has 2 unspecified atom stereocenters. The van der Waals surface area contributed by atoms with Crippen molar-refractivity contribution in [1.82, 2.24) is 9.88 Å². The molecule has 132 valence electrons. The Bertz CT molecular complexity index is 895. The molecule has 1 aromatic heterocycles. The molecule has 4 rings (SSSR count). The fraction of sp³-hybridized carbons (Fsp3) is 0.300. The zero-order valence-electron chi connectivity index (χ0n) is 14.2. The molecular formula is C20H19N3O3. The predicted molar refractivity (Wildman–Crippen MR) is 97.1 cm³/mol. The van der Waals surface area contributed by atoms with Crippen molar-refractivity contribution in [2.45, 2.75) is 19.3 Å². The SMILES string of the molecule is O=C(CCN1C(=O)C2CC=CCC2C1=O)Nc1cnc2ccccc2c1. The van der Waals surface area contributed by atoms with Crippen molar-refractivity contribution in [3.05, 3.63) is 48.7 Å². The van der Waals surface area contributed by atoms with Gasteiger partial charge < -0.3 is 5.32 Å². The molecular weight excluding hydrogens is 330 g/mol. The molecule has 1 aliphatic carbocycles. The van der Waals surface area contributed by atoms with E-state index in [9.17, 15) is 14.4 Å². The van der Waals surface area contributed by atoms with Crippen LogP contribution >= 0.6 is 0 Å². The third kappa shape index (κ3) is 2.98. The Hall–Kier alpha value is -3.02. The van der Waals surface area contributed by atoms with Crippen molar-refractivity contribution in [2.24, 2.45) is 11.8 Å². The largest absolute Gasteiger partial charge is 0.325 e. The summed E-state index contributed by atoms with van der Waals surface area (Å²) >= 11 is 0. The maximum absolute atomic E-state index is 12.4. The standard InChI is InChI=1S/C20H19N3O3/c24-18(22-14-11-13-5-1-4-8-17(13)21-12-14)9-10-23-19(25)15-6-2-3-7-16(15)20(23)26/h1-5,8,11-12,15-16H,6-7,9-10H2,(H,22,24). The lowest BCUT2D eigenvalue weighted by Crippen LogP contribution is -2.34. The van der Waals surface area contributed by atoms with E-state index in [1.807, 2.05) is 42.5 Å². The molecule has 6 nitrogen and oxygen atoms in total. The smallest absolute Gasteiger partial charge is 0.233 e. The highest BCUT2D eigenvalue weighted by atomic mass is 16.2. The van der Waals surface area contributed by atoms with E-state index in [1.54, 1.807) is 6.20 Å². The topological polar surface area (TPSA) is 79.4 Å². The first-order valence-electron chi connectivity index (χ1n) is 8.78. The van der Waals surface area contributed by atoms with Gasteiger partial charge in [-0.2, -0.15) is 0 Å². The number of allylic oxidation sites excluding steroid dienone is 2. The normalized spacial score (nSPS) is 21.9. The first-order valence-corrected chi connectivity index (χ1v) is 8.78. The van der Waals surface area contributed by atoms with Gasteiger partial charge in [-0.25, -0.2) is 0 Å². The molecule has 2 aromatic rings. The van der Waals surface area contributed by atoms with Crippen LogP contribution in [0.2, 0.25) is 0 Å². The highest BCUT2D eigenvalue weighted by molar-refractivity contribution is 6.06. The molecule has 1 N–H and O–H groups in total. The molecule has 0 saturated carbocycles. The summed E-state index contributed by atoms with van der Waals surface area (Å²) in [5.41, 5.74) is 1.46. The van der Waals surface area contributed by atoms with Gasteiger partial charge in [0.25, 0.3) is 0 Å². The van der Waals surface area contributed by atoms with Crippen molar-refractivity contribution < 1.29 is 14.4 Å². The summed E-state index contributed by atoms with van der Waals surface area (Å²) in [4.78, 5) is 42.6.